The average Bonchev–Trinajstić information content (AvgIpc) is 3.09. The van der Waals surface area contributed by atoms with E-state index in [4.69, 9.17) is 14.6 Å². The third-order valence-corrected chi connectivity index (χ3v) is 8.25. The van der Waals surface area contributed by atoms with E-state index in [1.165, 1.54) is 12.1 Å². The number of esters is 1. The lowest BCUT2D eigenvalue weighted by Gasteiger charge is -2.36. The molecule has 2 aliphatic heterocycles. The molecule has 1 fully saturated rings. The van der Waals surface area contributed by atoms with Gasteiger partial charge in [0.2, 0.25) is 0 Å². The molecule has 1 saturated heterocycles. The van der Waals surface area contributed by atoms with Gasteiger partial charge in [0, 0.05) is 38.0 Å². The SMILES string of the molecule is CCc1nn(CC(C)(C)COC(=O)c2ccccc2S(C)(=O)=O)c2c1C(=O)NCC1(CCOCC1)C2. The molecule has 4 rings (SSSR count). The molecule has 2 aliphatic rings. The van der Waals surface area contributed by atoms with Crippen LogP contribution in [0.15, 0.2) is 29.2 Å². The van der Waals surface area contributed by atoms with E-state index in [-0.39, 0.29) is 28.4 Å². The van der Waals surface area contributed by atoms with Gasteiger partial charge in [0.1, 0.15) is 0 Å². The number of aryl methyl sites for hydroxylation is 1. The highest BCUT2D eigenvalue weighted by molar-refractivity contribution is 7.90. The fourth-order valence-electron chi connectivity index (χ4n) is 5.05. The van der Waals surface area contributed by atoms with Gasteiger partial charge in [-0.2, -0.15) is 5.10 Å². The number of carbonyl (C=O) groups excluding carboxylic acids is 2. The van der Waals surface area contributed by atoms with Gasteiger partial charge < -0.3 is 14.8 Å². The zero-order valence-corrected chi connectivity index (χ0v) is 22.2. The summed E-state index contributed by atoms with van der Waals surface area (Å²) in [6.45, 7) is 8.39. The first-order chi connectivity index (χ1) is 16.9. The van der Waals surface area contributed by atoms with Crippen LogP contribution < -0.4 is 5.32 Å². The normalized spacial score (nSPS) is 17.8. The number of aromatic nitrogens is 2. The summed E-state index contributed by atoms with van der Waals surface area (Å²) in [7, 11) is -3.58. The Balaban J connectivity index is 1.56. The van der Waals surface area contributed by atoms with E-state index in [2.05, 4.69) is 5.32 Å². The number of nitrogens with one attached hydrogen (secondary N) is 1. The topological polar surface area (TPSA) is 117 Å². The lowest BCUT2D eigenvalue weighted by Crippen LogP contribution is -2.41. The van der Waals surface area contributed by atoms with Crippen molar-refractivity contribution < 1.29 is 27.5 Å². The van der Waals surface area contributed by atoms with Gasteiger partial charge in [0.15, 0.2) is 9.84 Å². The van der Waals surface area contributed by atoms with E-state index in [1.807, 2.05) is 25.5 Å². The first-order valence-electron chi connectivity index (χ1n) is 12.4. The predicted octanol–water partition coefficient (Wildman–Crippen LogP) is 2.81. The molecule has 0 saturated carbocycles. The number of sulfone groups is 1. The summed E-state index contributed by atoms with van der Waals surface area (Å²) in [4.78, 5) is 25.8. The number of hydrogen-bond acceptors (Lipinski definition) is 7. The lowest BCUT2D eigenvalue weighted by molar-refractivity contribution is 0.0145. The van der Waals surface area contributed by atoms with Gasteiger partial charge in [-0.3, -0.25) is 9.48 Å². The number of rotatable bonds is 7. The molecule has 9 nitrogen and oxygen atoms in total. The maximum absolute atomic E-state index is 13.1. The molecule has 0 aliphatic carbocycles. The average molecular weight is 518 g/mol. The Kier molecular flexibility index (Phi) is 7.30. The van der Waals surface area contributed by atoms with E-state index in [0.29, 0.717) is 38.3 Å². The van der Waals surface area contributed by atoms with E-state index in [9.17, 15) is 18.0 Å². The van der Waals surface area contributed by atoms with Crippen LogP contribution in [0.3, 0.4) is 0 Å². The summed E-state index contributed by atoms with van der Waals surface area (Å²) in [5.41, 5.74) is 1.79. The molecule has 3 heterocycles. The Labute approximate surface area is 212 Å². The molecule has 0 bridgehead atoms. The van der Waals surface area contributed by atoms with Crippen LogP contribution in [0.25, 0.3) is 0 Å². The third kappa shape index (κ3) is 5.49. The number of fused-ring (bicyclic) bond motifs is 1. The summed E-state index contributed by atoms with van der Waals surface area (Å²) in [5.74, 6) is -0.767. The number of amides is 1. The zero-order chi connectivity index (χ0) is 26.1. The van der Waals surface area contributed by atoms with Crippen LogP contribution in [0.4, 0.5) is 0 Å². The molecular formula is C26H35N3O6S. The molecule has 1 aromatic carbocycles. The van der Waals surface area contributed by atoms with Crippen molar-refractivity contribution >= 4 is 21.7 Å². The molecule has 1 spiro atoms. The van der Waals surface area contributed by atoms with E-state index in [0.717, 1.165) is 36.9 Å². The summed E-state index contributed by atoms with van der Waals surface area (Å²) in [6.07, 6.45) is 4.19. The number of ether oxygens (including phenoxy) is 2. The monoisotopic (exact) mass is 517 g/mol. The van der Waals surface area contributed by atoms with Gasteiger partial charge in [0.05, 0.1) is 34.0 Å². The van der Waals surface area contributed by atoms with Crippen LogP contribution in [0, 0.1) is 10.8 Å². The van der Waals surface area contributed by atoms with Crippen molar-refractivity contribution in [2.45, 2.75) is 57.9 Å². The highest BCUT2D eigenvalue weighted by Crippen LogP contribution is 2.38. The molecule has 1 amide bonds. The summed E-state index contributed by atoms with van der Waals surface area (Å²) in [5, 5.41) is 7.92. The van der Waals surface area contributed by atoms with Crippen LogP contribution in [-0.2, 0) is 38.7 Å². The van der Waals surface area contributed by atoms with Crippen molar-refractivity contribution in [1.82, 2.24) is 15.1 Å². The lowest BCUT2D eigenvalue weighted by atomic mass is 9.76. The van der Waals surface area contributed by atoms with Gasteiger partial charge in [-0.1, -0.05) is 32.9 Å². The van der Waals surface area contributed by atoms with E-state index in [1.54, 1.807) is 12.1 Å². The van der Waals surface area contributed by atoms with Crippen molar-refractivity contribution in [3.8, 4) is 0 Å². The minimum atomic E-state index is -3.58. The summed E-state index contributed by atoms with van der Waals surface area (Å²) >= 11 is 0. The quantitative estimate of drug-likeness (QED) is 0.562. The number of carbonyl (C=O) groups is 2. The maximum atomic E-state index is 13.1. The van der Waals surface area contributed by atoms with Crippen LogP contribution >= 0.6 is 0 Å². The molecule has 0 radical (unpaired) electrons. The van der Waals surface area contributed by atoms with Gasteiger partial charge in [-0.15, -0.1) is 0 Å². The number of nitrogens with zero attached hydrogens (tertiary/aromatic N) is 2. The molecule has 2 aromatic rings. The standard InChI is InChI=1S/C26H35N3O6S/c1-5-19-22-20(14-26(15-27-23(22)30)10-12-34-13-11-26)29(28-19)16-25(2,3)17-35-24(31)18-8-6-7-9-21(18)36(4,32)33/h6-9H,5,10-17H2,1-4H3,(H,27,30). The Bertz CT molecular complexity index is 1260. The molecule has 0 atom stereocenters. The van der Waals surface area contributed by atoms with Crippen LogP contribution in [0.1, 0.15) is 65.7 Å². The van der Waals surface area contributed by atoms with Crippen molar-refractivity contribution in [2.75, 3.05) is 32.6 Å². The van der Waals surface area contributed by atoms with E-state index >= 15 is 0 Å². The Morgan fingerprint density at radius 2 is 1.94 bits per heavy atom. The van der Waals surface area contributed by atoms with Gasteiger partial charge in [-0.25, -0.2) is 13.2 Å². The molecule has 36 heavy (non-hydrogen) atoms. The smallest absolute Gasteiger partial charge is 0.339 e. The number of hydrogen-bond donors (Lipinski definition) is 1. The van der Waals surface area contributed by atoms with Crippen molar-refractivity contribution in [3.05, 3.63) is 46.8 Å². The predicted molar refractivity (Wildman–Crippen MR) is 134 cm³/mol. The van der Waals surface area contributed by atoms with Crippen molar-refractivity contribution in [2.24, 2.45) is 10.8 Å². The summed E-state index contributed by atoms with van der Waals surface area (Å²) < 4.78 is 37.3. The minimum Gasteiger partial charge on any atom is -0.461 e. The molecule has 1 aromatic heterocycles. The first kappa shape index (κ1) is 26.3. The van der Waals surface area contributed by atoms with Gasteiger partial charge in [-0.05, 0) is 43.2 Å². The van der Waals surface area contributed by atoms with Gasteiger partial charge >= 0.3 is 5.97 Å². The second-order valence-corrected chi connectivity index (χ2v) is 12.7. The zero-order valence-electron chi connectivity index (χ0n) is 21.4. The summed E-state index contributed by atoms with van der Waals surface area (Å²) in [6, 6.07) is 6.05. The first-order valence-corrected chi connectivity index (χ1v) is 14.2. The molecule has 10 heteroatoms. The van der Waals surface area contributed by atoms with Crippen molar-refractivity contribution in [3.63, 3.8) is 0 Å². The molecule has 0 unspecified atom stereocenters. The fourth-order valence-corrected chi connectivity index (χ4v) is 5.93. The Morgan fingerprint density at radius 3 is 2.61 bits per heavy atom. The van der Waals surface area contributed by atoms with E-state index < -0.39 is 21.2 Å². The van der Waals surface area contributed by atoms with Crippen LogP contribution in [0.2, 0.25) is 0 Å². The van der Waals surface area contributed by atoms with Crippen molar-refractivity contribution in [1.29, 1.82) is 0 Å². The highest BCUT2D eigenvalue weighted by atomic mass is 32.2. The highest BCUT2D eigenvalue weighted by Gasteiger charge is 2.40. The minimum absolute atomic E-state index is 0.0233. The third-order valence-electron chi connectivity index (χ3n) is 7.09. The second-order valence-electron chi connectivity index (χ2n) is 10.8. The fraction of sp³-hybridized carbons (Fsp3) is 0.577. The number of benzene rings is 1. The maximum Gasteiger partial charge on any atom is 0.339 e. The molecule has 1 N–H and O–H groups in total. The largest absolute Gasteiger partial charge is 0.461 e. The van der Waals surface area contributed by atoms with Gasteiger partial charge in [0.25, 0.3) is 5.91 Å². The van der Waals surface area contributed by atoms with Crippen LogP contribution in [0.5, 0.6) is 0 Å². The van der Waals surface area contributed by atoms with Crippen LogP contribution in [-0.4, -0.2) is 62.7 Å². The molecular weight excluding hydrogens is 482 g/mol. The molecule has 196 valence electrons. The second kappa shape index (κ2) is 9.97. The Hall–Kier alpha value is -2.72. The Morgan fingerprint density at radius 1 is 1.25 bits per heavy atom.